The topological polar surface area (TPSA) is 66.7 Å². The van der Waals surface area contributed by atoms with Crippen molar-refractivity contribution in [1.29, 1.82) is 0 Å². The molecule has 0 bridgehead atoms. The van der Waals surface area contributed by atoms with Gasteiger partial charge in [-0.3, -0.25) is 0 Å². The van der Waals surface area contributed by atoms with Gasteiger partial charge in [0.25, 0.3) is 0 Å². The fourth-order valence-corrected chi connectivity index (χ4v) is 1.31. The summed E-state index contributed by atoms with van der Waals surface area (Å²) in [7, 11) is 0. The molecule has 4 nitrogen and oxygen atoms in total. The lowest BCUT2D eigenvalue weighted by Gasteiger charge is -1.93. The molecule has 13 heavy (non-hydrogen) atoms. The smallest absolute Gasteiger partial charge is 0.201 e. The van der Waals surface area contributed by atoms with Gasteiger partial charge < -0.3 is 16.0 Å². The number of aromatic nitrogens is 2. The van der Waals surface area contributed by atoms with E-state index in [0.29, 0.717) is 5.69 Å². The number of nitrogens with zero attached hydrogens (tertiary/aromatic N) is 1. The van der Waals surface area contributed by atoms with Gasteiger partial charge in [-0.1, -0.05) is 6.07 Å². The molecule has 1 aromatic carbocycles. The minimum Gasteiger partial charge on any atom is -0.397 e. The largest absolute Gasteiger partial charge is 0.397 e. The van der Waals surface area contributed by atoms with Crippen molar-refractivity contribution in [2.75, 3.05) is 17.6 Å². The summed E-state index contributed by atoms with van der Waals surface area (Å²) in [6, 6.07) is 5.71. The Labute approximate surface area is 76.2 Å². The second kappa shape index (κ2) is 2.97. The van der Waals surface area contributed by atoms with Crippen LogP contribution < -0.4 is 11.1 Å². The van der Waals surface area contributed by atoms with E-state index in [1.54, 1.807) is 0 Å². The number of nitrogens with two attached hydrogens (primary N) is 1. The third-order valence-electron chi connectivity index (χ3n) is 1.89. The number of anilines is 2. The summed E-state index contributed by atoms with van der Waals surface area (Å²) in [5, 5.41) is 3.10. The molecule has 0 aliphatic carbocycles. The average molecular weight is 176 g/mol. The molecule has 1 heterocycles. The first-order valence-corrected chi connectivity index (χ1v) is 4.29. The lowest BCUT2D eigenvalue weighted by molar-refractivity contribution is 1.14. The number of hydrogen-bond acceptors (Lipinski definition) is 3. The molecule has 2 aromatic rings. The maximum absolute atomic E-state index is 5.76. The van der Waals surface area contributed by atoms with Gasteiger partial charge in [-0.25, -0.2) is 4.98 Å². The molecule has 0 saturated heterocycles. The highest BCUT2D eigenvalue weighted by atomic mass is 15.1. The highest BCUT2D eigenvalue weighted by Crippen LogP contribution is 2.19. The van der Waals surface area contributed by atoms with Gasteiger partial charge >= 0.3 is 0 Å². The molecule has 0 fully saturated rings. The molecule has 0 aliphatic heterocycles. The van der Waals surface area contributed by atoms with Crippen molar-refractivity contribution in [3.63, 3.8) is 0 Å². The highest BCUT2D eigenvalue weighted by molar-refractivity contribution is 5.88. The number of aromatic amines is 1. The van der Waals surface area contributed by atoms with Crippen molar-refractivity contribution in [3.05, 3.63) is 18.2 Å². The van der Waals surface area contributed by atoms with Crippen LogP contribution in [-0.2, 0) is 0 Å². The second-order valence-corrected chi connectivity index (χ2v) is 2.86. The summed E-state index contributed by atoms with van der Waals surface area (Å²) < 4.78 is 0. The quantitative estimate of drug-likeness (QED) is 0.608. The Kier molecular flexibility index (Phi) is 1.81. The summed E-state index contributed by atoms with van der Waals surface area (Å²) in [5.41, 5.74) is 8.26. The standard InChI is InChI=1S/C9H12N4/c1-2-11-9-12-7-5-3-4-6(10)8(7)13-9/h3-5H,2,10H2,1H3,(H2,11,12,13). The van der Waals surface area contributed by atoms with E-state index in [1.165, 1.54) is 0 Å². The Balaban J connectivity index is 2.55. The van der Waals surface area contributed by atoms with Crippen LogP contribution in [0.5, 0.6) is 0 Å². The van der Waals surface area contributed by atoms with Crippen LogP contribution >= 0.6 is 0 Å². The minimum absolute atomic E-state index is 0.706. The van der Waals surface area contributed by atoms with E-state index in [9.17, 15) is 0 Å². The Morgan fingerprint density at radius 1 is 1.54 bits per heavy atom. The lowest BCUT2D eigenvalue weighted by atomic mass is 10.3. The summed E-state index contributed by atoms with van der Waals surface area (Å²) >= 11 is 0. The molecule has 0 radical (unpaired) electrons. The van der Waals surface area contributed by atoms with Gasteiger partial charge in [0.2, 0.25) is 5.95 Å². The maximum Gasteiger partial charge on any atom is 0.201 e. The van der Waals surface area contributed by atoms with Gasteiger partial charge in [0.1, 0.15) is 5.52 Å². The number of nitrogens with one attached hydrogen (secondary N) is 2. The third kappa shape index (κ3) is 1.30. The van der Waals surface area contributed by atoms with Gasteiger partial charge in [-0.05, 0) is 19.1 Å². The van der Waals surface area contributed by atoms with Gasteiger partial charge in [0.15, 0.2) is 0 Å². The number of imidazole rings is 1. The van der Waals surface area contributed by atoms with Crippen molar-refractivity contribution < 1.29 is 0 Å². The molecule has 2 rings (SSSR count). The van der Waals surface area contributed by atoms with Crippen molar-refractivity contribution in [2.45, 2.75) is 6.92 Å². The van der Waals surface area contributed by atoms with Gasteiger partial charge in [-0.2, -0.15) is 0 Å². The van der Waals surface area contributed by atoms with E-state index in [0.717, 1.165) is 23.5 Å². The second-order valence-electron chi connectivity index (χ2n) is 2.86. The van der Waals surface area contributed by atoms with E-state index in [1.807, 2.05) is 25.1 Å². The fraction of sp³-hybridized carbons (Fsp3) is 0.222. The Bertz CT molecular complexity index is 418. The van der Waals surface area contributed by atoms with Crippen molar-refractivity contribution in [1.82, 2.24) is 9.97 Å². The zero-order valence-electron chi connectivity index (χ0n) is 7.46. The van der Waals surface area contributed by atoms with Gasteiger partial charge in [0.05, 0.1) is 11.2 Å². The summed E-state index contributed by atoms with van der Waals surface area (Å²) in [5.74, 6) is 0.774. The van der Waals surface area contributed by atoms with E-state index >= 15 is 0 Å². The minimum atomic E-state index is 0.706. The van der Waals surface area contributed by atoms with Crippen LogP contribution in [0.4, 0.5) is 11.6 Å². The molecule has 1 aromatic heterocycles. The molecule has 0 aliphatic rings. The average Bonchev–Trinajstić information content (AvgIpc) is 2.49. The number of nitrogen functional groups attached to an aromatic ring is 1. The zero-order chi connectivity index (χ0) is 9.26. The number of rotatable bonds is 2. The van der Waals surface area contributed by atoms with E-state index in [2.05, 4.69) is 15.3 Å². The third-order valence-corrected chi connectivity index (χ3v) is 1.89. The number of para-hydroxylation sites is 1. The fourth-order valence-electron chi connectivity index (χ4n) is 1.31. The van der Waals surface area contributed by atoms with E-state index < -0.39 is 0 Å². The molecule has 0 amide bonds. The van der Waals surface area contributed by atoms with Crippen molar-refractivity contribution >= 4 is 22.7 Å². The first-order valence-electron chi connectivity index (χ1n) is 4.29. The first-order chi connectivity index (χ1) is 6.31. The van der Waals surface area contributed by atoms with Gasteiger partial charge in [-0.15, -0.1) is 0 Å². The monoisotopic (exact) mass is 176 g/mol. The van der Waals surface area contributed by atoms with Crippen LogP contribution in [0.2, 0.25) is 0 Å². The molecule has 0 unspecified atom stereocenters. The predicted octanol–water partition coefficient (Wildman–Crippen LogP) is 1.58. The first kappa shape index (κ1) is 7.91. The number of fused-ring (bicyclic) bond motifs is 1. The highest BCUT2D eigenvalue weighted by Gasteiger charge is 2.02. The predicted molar refractivity (Wildman–Crippen MR) is 54.7 cm³/mol. The van der Waals surface area contributed by atoms with Crippen LogP contribution in [0.3, 0.4) is 0 Å². The van der Waals surface area contributed by atoms with Crippen LogP contribution in [0.15, 0.2) is 18.2 Å². The van der Waals surface area contributed by atoms with Gasteiger partial charge in [0, 0.05) is 6.54 Å². The Morgan fingerprint density at radius 3 is 3.08 bits per heavy atom. The van der Waals surface area contributed by atoms with Crippen LogP contribution in [0, 0.1) is 0 Å². The molecule has 68 valence electrons. The molecule has 4 N–H and O–H groups in total. The Morgan fingerprint density at radius 2 is 2.38 bits per heavy atom. The van der Waals surface area contributed by atoms with Crippen molar-refractivity contribution in [3.8, 4) is 0 Å². The lowest BCUT2D eigenvalue weighted by Crippen LogP contribution is -1.97. The number of hydrogen-bond donors (Lipinski definition) is 3. The summed E-state index contributed by atoms with van der Waals surface area (Å²) in [6.07, 6.45) is 0. The summed E-state index contributed by atoms with van der Waals surface area (Å²) in [6.45, 7) is 2.87. The molecule has 0 saturated carbocycles. The van der Waals surface area contributed by atoms with E-state index in [4.69, 9.17) is 5.73 Å². The molecular weight excluding hydrogens is 164 g/mol. The van der Waals surface area contributed by atoms with Crippen LogP contribution in [0.1, 0.15) is 6.92 Å². The van der Waals surface area contributed by atoms with Crippen LogP contribution in [0.25, 0.3) is 11.0 Å². The molecular formula is C9H12N4. The maximum atomic E-state index is 5.76. The number of H-pyrrole nitrogens is 1. The molecule has 0 spiro atoms. The molecule has 0 atom stereocenters. The zero-order valence-corrected chi connectivity index (χ0v) is 7.46. The normalized spacial score (nSPS) is 10.5. The van der Waals surface area contributed by atoms with E-state index in [-0.39, 0.29) is 0 Å². The molecule has 4 heteroatoms. The summed E-state index contributed by atoms with van der Waals surface area (Å²) in [4.78, 5) is 7.45. The SMILES string of the molecule is CCNc1nc2c(N)cccc2[nH]1. The van der Waals surface area contributed by atoms with Crippen LogP contribution in [-0.4, -0.2) is 16.5 Å². The Hall–Kier alpha value is -1.71. The number of benzene rings is 1. The van der Waals surface area contributed by atoms with Crippen molar-refractivity contribution in [2.24, 2.45) is 0 Å².